The van der Waals surface area contributed by atoms with Crippen LogP contribution in [0.5, 0.6) is 0 Å². The van der Waals surface area contributed by atoms with Crippen LogP contribution in [-0.2, 0) is 14.3 Å². The Morgan fingerprint density at radius 2 is 0.635 bits per heavy atom. The normalized spacial score (nSPS) is 12.6. The van der Waals surface area contributed by atoms with Gasteiger partial charge in [0.15, 0.2) is 0 Å². The fourth-order valence-corrected chi connectivity index (χ4v) is 10.6. The highest BCUT2D eigenvalue weighted by Crippen LogP contribution is 2.18. The van der Waals surface area contributed by atoms with Crippen LogP contribution in [0.1, 0.15) is 373 Å². The van der Waals surface area contributed by atoms with Crippen molar-refractivity contribution >= 4 is 11.9 Å². The molecule has 2 atom stereocenters. The van der Waals surface area contributed by atoms with Crippen molar-refractivity contribution in [2.75, 3.05) is 13.2 Å². The summed E-state index contributed by atoms with van der Waals surface area (Å²) in [5.74, 6) is -0.0580. The molecule has 2 unspecified atom stereocenters. The lowest BCUT2D eigenvalue weighted by Gasteiger charge is -2.20. The molecule has 0 heterocycles. The molecule has 0 aliphatic heterocycles. The minimum Gasteiger partial charge on any atom is -0.466 e. The number of rotatable bonds is 63. The van der Waals surface area contributed by atoms with Gasteiger partial charge in [0, 0.05) is 12.8 Å². The van der Waals surface area contributed by atoms with Gasteiger partial charge in [0.05, 0.1) is 25.4 Å². The largest absolute Gasteiger partial charge is 0.466 e. The second kappa shape index (κ2) is 63.9. The van der Waals surface area contributed by atoms with E-state index in [9.17, 15) is 19.8 Å². The van der Waals surface area contributed by atoms with Gasteiger partial charge in [-0.15, -0.1) is 0 Å². The van der Waals surface area contributed by atoms with E-state index in [2.05, 4.69) is 31.3 Å². The number of aliphatic hydroxyl groups excluding tert-OH is 2. The number of hydrogen-bond donors (Lipinski definition) is 3. The maximum Gasteiger partial charge on any atom is 0.305 e. The highest BCUT2D eigenvalue weighted by atomic mass is 16.5. The fourth-order valence-electron chi connectivity index (χ4n) is 10.6. The number of carbonyl (C=O) groups excluding carboxylic acids is 2. The van der Waals surface area contributed by atoms with Gasteiger partial charge in [-0.25, -0.2) is 0 Å². The predicted octanol–water partition coefficient (Wildman–Crippen LogP) is 21.4. The van der Waals surface area contributed by atoms with E-state index in [0.717, 1.165) is 44.9 Å². The number of allylic oxidation sites excluding steroid dienone is 3. The van der Waals surface area contributed by atoms with Crippen molar-refractivity contribution < 1.29 is 24.5 Å². The minimum absolute atomic E-state index is 0.00597. The fraction of sp³-hybridized carbons (Fsp3) is 0.912. The molecule has 0 aromatic rings. The molecule has 0 bridgehead atoms. The Hall–Kier alpha value is -1.66. The summed E-state index contributed by atoms with van der Waals surface area (Å²) in [6.45, 7) is 4.92. The van der Waals surface area contributed by atoms with Crippen molar-refractivity contribution in [2.24, 2.45) is 0 Å². The molecule has 1 amide bonds. The minimum atomic E-state index is -0.845. The molecule has 6 heteroatoms. The molecular formula is C68H131NO5. The summed E-state index contributed by atoms with van der Waals surface area (Å²) in [7, 11) is 0. The molecule has 0 saturated carbocycles. The van der Waals surface area contributed by atoms with Gasteiger partial charge in [-0.3, -0.25) is 9.59 Å². The number of hydrogen-bond acceptors (Lipinski definition) is 5. The van der Waals surface area contributed by atoms with Crippen LogP contribution in [0.2, 0.25) is 0 Å². The van der Waals surface area contributed by atoms with E-state index in [1.165, 1.54) is 302 Å². The van der Waals surface area contributed by atoms with Crippen molar-refractivity contribution in [1.29, 1.82) is 0 Å². The third-order valence-electron chi connectivity index (χ3n) is 15.7. The summed E-state index contributed by atoms with van der Waals surface area (Å²) in [6.07, 6.45) is 79.5. The lowest BCUT2D eigenvalue weighted by molar-refractivity contribution is -0.143. The van der Waals surface area contributed by atoms with E-state index in [1.54, 1.807) is 6.08 Å². The van der Waals surface area contributed by atoms with Crippen molar-refractivity contribution in [3.63, 3.8) is 0 Å². The lowest BCUT2D eigenvalue weighted by atomic mass is 10.0. The zero-order valence-corrected chi connectivity index (χ0v) is 50.1. The highest BCUT2D eigenvalue weighted by molar-refractivity contribution is 5.76. The third kappa shape index (κ3) is 59.6. The van der Waals surface area contributed by atoms with Crippen LogP contribution in [0.15, 0.2) is 24.3 Å². The molecule has 438 valence electrons. The smallest absolute Gasteiger partial charge is 0.305 e. The van der Waals surface area contributed by atoms with Crippen LogP contribution in [0.4, 0.5) is 0 Å². The SMILES string of the molecule is CCCCCCC/C=C\CCCCCCCC(=O)OCCCCCCCCCCCCCCCCCCCCCCCCCC(=O)NC(CO)C(O)/C=C/CCCCCCCCCCCCCCCCCCCC. The number of aliphatic hydroxyl groups is 2. The van der Waals surface area contributed by atoms with Gasteiger partial charge in [0.2, 0.25) is 5.91 Å². The van der Waals surface area contributed by atoms with Gasteiger partial charge >= 0.3 is 5.97 Å². The monoisotopic (exact) mass is 1040 g/mol. The summed E-state index contributed by atoms with van der Waals surface area (Å²) < 4.78 is 5.48. The molecule has 0 spiro atoms. The van der Waals surface area contributed by atoms with Gasteiger partial charge in [0.1, 0.15) is 0 Å². The Balaban J connectivity index is 3.40. The van der Waals surface area contributed by atoms with Crippen LogP contribution in [0, 0.1) is 0 Å². The standard InChI is InChI=1S/C68H131NO5/c1-3-5-7-9-11-13-15-17-19-20-21-27-30-33-36-40-44-48-52-56-60-66(71)65(64-70)69-67(72)61-57-53-49-45-41-37-34-31-28-25-23-22-24-26-29-32-35-39-43-47-51-55-59-63-74-68(73)62-58-54-50-46-42-38-18-16-14-12-10-8-6-4-2/h16,18,56,60,65-66,70-71H,3-15,17,19-55,57-59,61-64H2,1-2H3,(H,69,72)/b18-16-,60-56+. The van der Waals surface area contributed by atoms with Crippen molar-refractivity contribution in [1.82, 2.24) is 5.32 Å². The van der Waals surface area contributed by atoms with Crippen LogP contribution in [0.25, 0.3) is 0 Å². The lowest BCUT2D eigenvalue weighted by Crippen LogP contribution is -2.45. The van der Waals surface area contributed by atoms with Crippen LogP contribution in [0.3, 0.4) is 0 Å². The second-order valence-electron chi connectivity index (χ2n) is 23.2. The van der Waals surface area contributed by atoms with Crippen molar-refractivity contribution in [2.45, 2.75) is 386 Å². The topological polar surface area (TPSA) is 95.9 Å². The van der Waals surface area contributed by atoms with Crippen LogP contribution >= 0.6 is 0 Å². The Labute approximate surface area is 462 Å². The summed E-state index contributed by atoms with van der Waals surface area (Å²) in [5, 5.41) is 23.2. The number of esters is 1. The molecule has 74 heavy (non-hydrogen) atoms. The first-order chi connectivity index (χ1) is 36.5. The first-order valence-corrected chi connectivity index (χ1v) is 33.6. The van der Waals surface area contributed by atoms with Gasteiger partial charge < -0.3 is 20.3 Å². The summed E-state index contributed by atoms with van der Waals surface area (Å²) in [6, 6.07) is -0.628. The number of unbranched alkanes of at least 4 members (excludes halogenated alkanes) is 50. The Kier molecular flexibility index (Phi) is 62.4. The summed E-state index contributed by atoms with van der Waals surface area (Å²) in [4.78, 5) is 24.6. The molecule has 0 aliphatic carbocycles. The first kappa shape index (κ1) is 72.3. The van der Waals surface area contributed by atoms with E-state index >= 15 is 0 Å². The van der Waals surface area contributed by atoms with E-state index < -0.39 is 12.1 Å². The first-order valence-electron chi connectivity index (χ1n) is 33.6. The van der Waals surface area contributed by atoms with E-state index in [-0.39, 0.29) is 18.5 Å². The molecule has 0 fully saturated rings. The quantitative estimate of drug-likeness (QED) is 0.0320. The molecule has 0 saturated heterocycles. The van der Waals surface area contributed by atoms with Gasteiger partial charge in [-0.1, -0.05) is 327 Å². The zero-order chi connectivity index (χ0) is 53.6. The van der Waals surface area contributed by atoms with Gasteiger partial charge in [0.25, 0.3) is 0 Å². The second-order valence-corrected chi connectivity index (χ2v) is 23.2. The Morgan fingerprint density at radius 3 is 0.959 bits per heavy atom. The summed E-state index contributed by atoms with van der Waals surface area (Å²) >= 11 is 0. The average Bonchev–Trinajstić information content (AvgIpc) is 3.40. The predicted molar refractivity (Wildman–Crippen MR) is 324 cm³/mol. The van der Waals surface area contributed by atoms with Gasteiger partial charge in [-0.05, 0) is 57.8 Å². The molecule has 0 aromatic heterocycles. The summed E-state index contributed by atoms with van der Waals surface area (Å²) in [5.41, 5.74) is 0. The molecule has 6 nitrogen and oxygen atoms in total. The van der Waals surface area contributed by atoms with Crippen molar-refractivity contribution in [3.8, 4) is 0 Å². The maximum atomic E-state index is 12.5. The molecule has 0 rings (SSSR count). The van der Waals surface area contributed by atoms with E-state index in [0.29, 0.717) is 19.4 Å². The van der Waals surface area contributed by atoms with Gasteiger partial charge in [-0.2, -0.15) is 0 Å². The molecule has 3 N–H and O–H groups in total. The number of carbonyl (C=O) groups is 2. The van der Waals surface area contributed by atoms with Crippen LogP contribution in [-0.4, -0.2) is 47.4 Å². The number of ether oxygens (including phenoxy) is 1. The molecule has 0 radical (unpaired) electrons. The zero-order valence-electron chi connectivity index (χ0n) is 50.1. The molecular weight excluding hydrogens is 911 g/mol. The van der Waals surface area contributed by atoms with E-state index in [1.807, 2.05) is 6.08 Å². The number of amides is 1. The number of nitrogens with one attached hydrogen (secondary N) is 1. The van der Waals surface area contributed by atoms with Crippen molar-refractivity contribution in [3.05, 3.63) is 24.3 Å². The Morgan fingerprint density at radius 1 is 0.365 bits per heavy atom. The maximum absolute atomic E-state index is 12.5. The third-order valence-corrected chi connectivity index (χ3v) is 15.7. The van der Waals surface area contributed by atoms with E-state index in [4.69, 9.17) is 4.74 Å². The highest BCUT2D eigenvalue weighted by Gasteiger charge is 2.18. The average molecular weight is 1040 g/mol. The Bertz CT molecular complexity index is 1150. The molecule has 0 aromatic carbocycles. The molecule has 0 aliphatic rings. The van der Waals surface area contributed by atoms with Crippen LogP contribution < -0.4 is 5.32 Å².